The molecule has 0 spiro atoms. The highest BCUT2D eigenvalue weighted by molar-refractivity contribution is 5.89. The fourth-order valence-electron chi connectivity index (χ4n) is 3.39. The zero-order valence-electron chi connectivity index (χ0n) is 17.1. The number of hydrogen-bond donors (Lipinski definition) is 3. The lowest BCUT2D eigenvalue weighted by Crippen LogP contribution is -2.20. The summed E-state index contributed by atoms with van der Waals surface area (Å²) in [5.41, 5.74) is 6.71. The van der Waals surface area contributed by atoms with Crippen LogP contribution in [-0.2, 0) is 10.2 Å². The molecule has 5 nitrogen and oxygen atoms in total. The van der Waals surface area contributed by atoms with Crippen molar-refractivity contribution >= 4 is 12.1 Å². The van der Waals surface area contributed by atoms with Crippen LogP contribution >= 0.6 is 0 Å². The van der Waals surface area contributed by atoms with Gasteiger partial charge in [-0.2, -0.15) is 5.10 Å². The largest absolute Gasteiger partial charge is 0.508 e. The fraction of sp³-hybridized carbons (Fsp3) is 0.391. The Kier molecular flexibility index (Phi) is 5.20. The number of aromatic hydroxyl groups is 2. The van der Waals surface area contributed by atoms with Crippen LogP contribution in [-0.4, -0.2) is 22.3 Å². The summed E-state index contributed by atoms with van der Waals surface area (Å²) in [6.45, 7) is 9.94. The van der Waals surface area contributed by atoms with E-state index in [2.05, 4.69) is 55.6 Å². The van der Waals surface area contributed by atoms with Gasteiger partial charge in [0.25, 0.3) is 0 Å². The van der Waals surface area contributed by atoms with E-state index in [-0.39, 0.29) is 34.7 Å². The predicted molar refractivity (Wildman–Crippen MR) is 111 cm³/mol. The summed E-state index contributed by atoms with van der Waals surface area (Å²) in [6.07, 6.45) is 2.24. The van der Waals surface area contributed by atoms with Gasteiger partial charge in [0.05, 0.1) is 6.21 Å². The van der Waals surface area contributed by atoms with Gasteiger partial charge in [-0.15, -0.1) is 0 Å². The summed E-state index contributed by atoms with van der Waals surface area (Å²) >= 11 is 0. The van der Waals surface area contributed by atoms with Crippen LogP contribution in [0, 0.1) is 19.8 Å². The van der Waals surface area contributed by atoms with Crippen LogP contribution in [0.5, 0.6) is 11.5 Å². The average Bonchev–Trinajstić information content (AvgIpc) is 3.43. The van der Waals surface area contributed by atoms with E-state index in [1.165, 1.54) is 17.3 Å². The van der Waals surface area contributed by atoms with Crippen LogP contribution in [0.25, 0.3) is 0 Å². The molecule has 1 aliphatic carbocycles. The maximum atomic E-state index is 12.4. The number of carbonyl (C=O) groups excluding carboxylic acids is 1. The minimum atomic E-state index is -0.117. The number of phenolic OH excluding ortho intramolecular Hbond substituents is 2. The van der Waals surface area contributed by atoms with Crippen molar-refractivity contribution in [1.29, 1.82) is 0 Å². The first-order chi connectivity index (χ1) is 13.1. The molecule has 1 fully saturated rings. The van der Waals surface area contributed by atoms with Crippen molar-refractivity contribution in [1.82, 2.24) is 5.43 Å². The minimum absolute atomic E-state index is 0.0289. The molecule has 2 atom stereocenters. The van der Waals surface area contributed by atoms with Gasteiger partial charge in [0.1, 0.15) is 11.5 Å². The molecule has 3 N–H and O–H groups in total. The molecule has 28 heavy (non-hydrogen) atoms. The molecule has 148 valence electrons. The lowest BCUT2D eigenvalue weighted by Gasteiger charge is -2.19. The van der Waals surface area contributed by atoms with Crippen LogP contribution in [0.15, 0.2) is 35.4 Å². The number of carbonyl (C=O) groups is 1. The molecular weight excluding hydrogens is 352 g/mol. The number of hydrazone groups is 1. The normalized spacial score (nSPS) is 19.0. The van der Waals surface area contributed by atoms with Crippen molar-refractivity contribution < 1.29 is 15.0 Å². The molecule has 0 aliphatic heterocycles. The highest BCUT2D eigenvalue weighted by Gasteiger charge is 2.44. The van der Waals surface area contributed by atoms with Gasteiger partial charge in [-0.25, -0.2) is 5.43 Å². The highest BCUT2D eigenvalue weighted by atomic mass is 16.3. The molecule has 1 amide bonds. The summed E-state index contributed by atoms with van der Waals surface area (Å²) in [4.78, 5) is 12.4. The zero-order valence-corrected chi connectivity index (χ0v) is 17.1. The molecule has 5 heteroatoms. The van der Waals surface area contributed by atoms with Crippen LogP contribution in [0.2, 0.25) is 0 Å². The number of nitrogens with one attached hydrogen (secondary N) is 1. The van der Waals surface area contributed by atoms with Crippen molar-refractivity contribution in [2.24, 2.45) is 11.0 Å². The van der Waals surface area contributed by atoms with Crippen molar-refractivity contribution in [2.45, 2.75) is 52.4 Å². The Morgan fingerprint density at radius 2 is 1.82 bits per heavy atom. The topological polar surface area (TPSA) is 81.9 Å². The van der Waals surface area contributed by atoms with Gasteiger partial charge in [-0.05, 0) is 54.4 Å². The summed E-state index contributed by atoms with van der Waals surface area (Å²) in [7, 11) is 0. The number of benzene rings is 2. The lowest BCUT2D eigenvalue weighted by molar-refractivity contribution is -0.122. The van der Waals surface area contributed by atoms with E-state index >= 15 is 0 Å². The second kappa shape index (κ2) is 7.30. The molecule has 1 aliphatic rings. The third-order valence-corrected chi connectivity index (χ3v) is 5.47. The maximum Gasteiger partial charge on any atom is 0.243 e. The standard InChI is InChI=1S/C23H28N2O3/c1-13-10-20(26)14(2)21(27)19(13)12-24-25-22(28)18-11-17(18)15-6-8-16(9-7-15)23(3,4)5/h6-10,12,17-18,26-27H,11H2,1-5H3,(H,25,28)/b24-12+/t17-,18-/m1/s1. The third-order valence-electron chi connectivity index (χ3n) is 5.47. The lowest BCUT2D eigenvalue weighted by atomic mass is 9.86. The van der Waals surface area contributed by atoms with Gasteiger partial charge < -0.3 is 10.2 Å². The Bertz CT molecular complexity index is 924. The molecule has 0 unspecified atom stereocenters. The molecule has 0 heterocycles. The van der Waals surface area contributed by atoms with E-state index in [1.54, 1.807) is 19.9 Å². The number of rotatable bonds is 4. The molecule has 1 saturated carbocycles. The molecule has 3 rings (SSSR count). The van der Waals surface area contributed by atoms with Crippen LogP contribution in [0.3, 0.4) is 0 Å². The number of aryl methyl sites for hydroxylation is 1. The Labute approximate surface area is 166 Å². The molecule has 0 aromatic heterocycles. The van der Waals surface area contributed by atoms with Gasteiger partial charge in [-0.3, -0.25) is 4.79 Å². The van der Waals surface area contributed by atoms with Gasteiger partial charge in [0.15, 0.2) is 0 Å². The van der Waals surface area contributed by atoms with E-state index in [1.807, 2.05) is 0 Å². The van der Waals surface area contributed by atoms with E-state index in [0.717, 1.165) is 6.42 Å². The first-order valence-corrected chi connectivity index (χ1v) is 9.55. The fourth-order valence-corrected chi connectivity index (χ4v) is 3.39. The predicted octanol–water partition coefficient (Wildman–Crippen LogP) is 4.27. The summed E-state index contributed by atoms with van der Waals surface area (Å²) in [5, 5.41) is 23.9. The minimum Gasteiger partial charge on any atom is -0.508 e. The molecule has 2 aromatic rings. The summed E-state index contributed by atoms with van der Waals surface area (Å²) < 4.78 is 0. The molecule has 0 radical (unpaired) electrons. The first kappa shape index (κ1) is 19.9. The first-order valence-electron chi connectivity index (χ1n) is 9.55. The Hall–Kier alpha value is -2.82. The molecule has 2 aromatic carbocycles. The number of phenols is 2. The van der Waals surface area contributed by atoms with Crippen LogP contribution in [0.1, 0.15) is 60.9 Å². The van der Waals surface area contributed by atoms with Crippen LogP contribution in [0.4, 0.5) is 0 Å². The quantitative estimate of drug-likeness (QED) is 0.547. The number of nitrogens with zero attached hydrogens (tertiary/aromatic N) is 1. The maximum absolute atomic E-state index is 12.4. The highest BCUT2D eigenvalue weighted by Crippen LogP contribution is 2.47. The Balaban J connectivity index is 1.62. The average molecular weight is 380 g/mol. The Morgan fingerprint density at radius 3 is 2.43 bits per heavy atom. The van der Waals surface area contributed by atoms with Gasteiger partial charge in [-0.1, -0.05) is 45.0 Å². The van der Waals surface area contributed by atoms with Crippen molar-refractivity contribution in [3.8, 4) is 11.5 Å². The zero-order chi connectivity index (χ0) is 20.6. The third kappa shape index (κ3) is 4.03. The second-order valence-electron chi connectivity index (χ2n) is 8.65. The number of amides is 1. The van der Waals surface area contributed by atoms with Crippen molar-refractivity contribution in [3.63, 3.8) is 0 Å². The number of hydrogen-bond acceptors (Lipinski definition) is 4. The smallest absolute Gasteiger partial charge is 0.243 e. The van der Waals surface area contributed by atoms with Crippen molar-refractivity contribution in [2.75, 3.05) is 0 Å². The van der Waals surface area contributed by atoms with E-state index in [0.29, 0.717) is 16.7 Å². The molecule has 0 bridgehead atoms. The van der Waals surface area contributed by atoms with Crippen molar-refractivity contribution in [3.05, 3.63) is 58.1 Å². The van der Waals surface area contributed by atoms with E-state index in [9.17, 15) is 15.0 Å². The van der Waals surface area contributed by atoms with E-state index < -0.39 is 0 Å². The van der Waals surface area contributed by atoms with E-state index in [4.69, 9.17) is 0 Å². The summed E-state index contributed by atoms with van der Waals surface area (Å²) in [6, 6.07) is 10.1. The monoisotopic (exact) mass is 380 g/mol. The van der Waals surface area contributed by atoms with Gasteiger partial charge in [0, 0.05) is 17.0 Å². The SMILES string of the molecule is Cc1cc(O)c(C)c(O)c1/C=N/NC(=O)[C@@H]1C[C@@H]1c1ccc(C(C)(C)C)cc1. The van der Waals surface area contributed by atoms with Crippen LogP contribution < -0.4 is 5.43 Å². The second-order valence-corrected chi connectivity index (χ2v) is 8.65. The summed E-state index contributed by atoms with van der Waals surface area (Å²) in [5.74, 6) is 0.0474. The molecule has 0 saturated heterocycles. The Morgan fingerprint density at radius 1 is 1.18 bits per heavy atom. The van der Waals surface area contributed by atoms with Gasteiger partial charge >= 0.3 is 0 Å². The van der Waals surface area contributed by atoms with Gasteiger partial charge in [0.2, 0.25) is 5.91 Å². The molecular formula is C23H28N2O3.